The monoisotopic (exact) mass is 370 g/mol. The molecule has 0 unspecified atom stereocenters. The molecule has 1 fully saturated rings. The van der Waals surface area contributed by atoms with Gasteiger partial charge in [-0.25, -0.2) is 0 Å². The maximum Gasteiger partial charge on any atom is 0.237 e. The quantitative estimate of drug-likeness (QED) is 0.803. The first-order valence-corrected chi connectivity index (χ1v) is 9.30. The second-order valence-corrected chi connectivity index (χ2v) is 6.76. The van der Waals surface area contributed by atoms with Crippen molar-refractivity contribution in [3.8, 4) is 0 Å². The summed E-state index contributed by atoms with van der Waals surface area (Å²) in [5, 5.41) is 2.87. The lowest BCUT2D eigenvalue weighted by molar-refractivity contribution is -0.139. The number of amides is 2. The third-order valence-electron chi connectivity index (χ3n) is 4.80. The molecule has 2 aromatic rings. The zero-order valence-electron chi connectivity index (χ0n) is 15.9. The number of aryl methyl sites for hydroxylation is 1. The van der Waals surface area contributed by atoms with E-state index in [1.54, 1.807) is 17.3 Å². The van der Waals surface area contributed by atoms with Crippen molar-refractivity contribution in [2.45, 2.75) is 39.4 Å². The highest BCUT2D eigenvalue weighted by atomic mass is 16.3. The Hall–Kier alpha value is -2.67. The van der Waals surface area contributed by atoms with E-state index in [1.807, 2.05) is 43.0 Å². The summed E-state index contributed by atoms with van der Waals surface area (Å²) in [6.07, 6.45) is 3.62. The van der Waals surface area contributed by atoms with Crippen LogP contribution < -0.4 is 5.32 Å². The van der Waals surface area contributed by atoms with Gasteiger partial charge < -0.3 is 14.6 Å². The molecule has 2 aromatic heterocycles. The third kappa shape index (κ3) is 4.95. The van der Waals surface area contributed by atoms with Crippen molar-refractivity contribution in [1.82, 2.24) is 20.1 Å². The number of aromatic nitrogens is 1. The molecule has 1 atom stereocenters. The minimum absolute atomic E-state index is 0.0379. The molecule has 0 aromatic carbocycles. The first-order chi connectivity index (χ1) is 13.1. The van der Waals surface area contributed by atoms with Crippen LogP contribution in [-0.2, 0) is 22.7 Å². The molecule has 0 spiro atoms. The van der Waals surface area contributed by atoms with Crippen LogP contribution in [0.1, 0.15) is 30.4 Å². The Morgan fingerprint density at radius 3 is 2.93 bits per heavy atom. The molecule has 1 N–H and O–H groups in total. The molecule has 0 saturated carbocycles. The number of carbonyl (C=O) groups is 2. The van der Waals surface area contributed by atoms with Gasteiger partial charge in [0, 0.05) is 38.6 Å². The Morgan fingerprint density at radius 1 is 1.41 bits per heavy atom. The minimum atomic E-state index is -0.486. The topological polar surface area (TPSA) is 78.7 Å². The number of carbonyl (C=O) groups excluding carboxylic acids is 2. The van der Waals surface area contributed by atoms with Crippen LogP contribution in [0.15, 0.2) is 41.1 Å². The predicted octanol–water partition coefficient (Wildman–Crippen LogP) is 1.72. The third-order valence-corrected chi connectivity index (χ3v) is 4.80. The number of piperazine rings is 1. The molecule has 2 amide bonds. The molecular weight excluding hydrogens is 344 g/mol. The molecule has 3 heterocycles. The van der Waals surface area contributed by atoms with Gasteiger partial charge in [-0.1, -0.05) is 6.07 Å². The van der Waals surface area contributed by atoms with Gasteiger partial charge in [-0.2, -0.15) is 0 Å². The lowest BCUT2D eigenvalue weighted by Crippen LogP contribution is -2.56. The van der Waals surface area contributed by atoms with E-state index in [2.05, 4.69) is 10.3 Å². The van der Waals surface area contributed by atoms with Crippen LogP contribution in [0, 0.1) is 6.92 Å². The van der Waals surface area contributed by atoms with Gasteiger partial charge in [-0.15, -0.1) is 0 Å². The lowest BCUT2D eigenvalue weighted by atomic mass is 10.1. The molecule has 7 nitrogen and oxygen atoms in total. The molecule has 0 bridgehead atoms. The van der Waals surface area contributed by atoms with Crippen LogP contribution in [0.25, 0.3) is 0 Å². The smallest absolute Gasteiger partial charge is 0.237 e. The fraction of sp³-hybridized carbons (Fsp3) is 0.450. The molecule has 3 rings (SSSR count). The van der Waals surface area contributed by atoms with Gasteiger partial charge >= 0.3 is 0 Å². The van der Waals surface area contributed by atoms with Gasteiger partial charge in [0.05, 0.1) is 19.0 Å². The van der Waals surface area contributed by atoms with Crippen LogP contribution in [0.3, 0.4) is 0 Å². The number of nitrogens with zero attached hydrogens (tertiary/aromatic N) is 3. The summed E-state index contributed by atoms with van der Waals surface area (Å²) < 4.78 is 5.65. The maximum absolute atomic E-state index is 12.9. The van der Waals surface area contributed by atoms with E-state index in [9.17, 15) is 9.59 Å². The number of pyridine rings is 1. The largest absolute Gasteiger partial charge is 0.465 e. The second-order valence-electron chi connectivity index (χ2n) is 6.76. The van der Waals surface area contributed by atoms with Gasteiger partial charge in [-0.05, 0) is 37.6 Å². The summed E-state index contributed by atoms with van der Waals surface area (Å²) in [6.45, 7) is 6.71. The van der Waals surface area contributed by atoms with E-state index in [1.165, 1.54) is 0 Å². The maximum atomic E-state index is 12.9. The van der Waals surface area contributed by atoms with Gasteiger partial charge in [-0.3, -0.25) is 19.5 Å². The highest BCUT2D eigenvalue weighted by Crippen LogP contribution is 2.17. The fourth-order valence-electron chi connectivity index (χ4n) is 3.33. The Morgan fingerprint density at radius 2 is 2.26 bits per heavy atom. The summed E-state index contributed by atoms with van der Waals surface area (Å²) in [5.41, 5.74) is 0.976. The Kier molecular flexibility index (Phi) is 6.24. The second kappa shape index (κ2) is 8.81. The zero-order valence-corrected chi connectivity index (χ0v) is 15.9. The van der Waals surface area contributed by atoms with Crippen molar-refractivity contribution in [2.24, 2.45) is 0 Å². The highest BCUT2D eigenvalue weighted by Gasteiger charge is 2.33. The number of nitrogens with one attached hydrogen (secondary N) is 1. The fourth-order valence-corrected chi connectivity index (χ4v) is 3.33. The van der Waals surface area contributed by atoms with Crippen molar-refractivity contribution in [2.75, 3.05) is 19.6 Å². The normalized spacial score (nSPS) is 17.6. The van der Waals surface area contributed by atoms with Gasteiger partial charge in [0.25, 0.3) is 0 Å². The summed E-state index contributed by atoms with van der Waals surface area (Å²) in [5.74, 6) is 1.51. The van der Waals surface area contributed by atoms with Gasteiger partial charge in [0.1, 0.15) is 11.5 Å². The minimum Gasteiger partial charge on any atom is -0.465 e. The van der Waals surface area contributed by atoms with Gasteiger partial charge in [0.15, 0.2) is 0 Å². The van der Waals surface area contributed by atoms with Crippen LogP contribution in [0.5, 0.6) is 0 Å². The van der Waals surface area contributed by atoms with Crippen LogP contribution >= 0.6 is 0 Å². The Balaban J connectivity index is 1.67. The lowest BCUT2D eigenvalue weighted by Gasteiger charge is -2.35. The van der Waals surface area contributed by atoms with E-state index in [4.69, 9.17) is 4.42 Å². The summed E-state index contributed by atoms with van der Waals surface area (Å²) in [4.78, 5) is 33.2. The summed E-state index contributed by atoms with van der Waals surface area (Å²) >= 11 is 0. The summed E-state index contributed by atoms with van der Waals surface area (Å²) in [6, 6.07) is 7.14. The molecule has 1 saturated heterocycles. The van der Waals surface area contributed by atoms with E-state index in [0.717, 1.165) is 17.1 Å². The van der Waals surface area contributed by atoms with Crippen molar-refractivity contribution < 1.29 is 14.0 Å². The average molecular weight is 370 g/mol. The molecular formula is C20H26N4O3. The highest BCUT2D eigenvalue weighted by molar-refractivity contribution is 5.88. The van der Waals surface area contributed by atoms with Crippen molar-refractivity contribution >= 4 is 11.8 Å². The predicted molar refractivity (Wildman–Crippen MR) is 101 cm³/mol. The van der Waals surface area contributed by atoms with Crippen LogP contribution in [-0.4, -0.2) is 52.3 Å². The molecule has 1 aliphatic rings. The molecule has 7 heteroatoms. The number of hydrogen-bond donors (Lipinski definition) is 1. The zero-order chi connectivity index (χ0) is 19.2. The van der Waals surface area contributed by atoms with E-state index in [0.29, 0.717) is 32.7 Å². The van der Waals surface area contributed by atoms with Gasteiger partial charge in [0.2, 0.25) is 11.8 Å². The number of hydrogen-bond acceptors (Lipinski definition) is 5. The molecule has 0 radical (unpaired) electrons. The van der Waals surface area contributed by atoms with Crippen molar-refractivity contribution in [3.63, 3.8) is 0 Å². The average Bonchev–Trinajstić information content (AvgIpc) is 3.08. The molecule has 1 aliphatic heterocycles. The Bertz CT molecular complexity index is 775. The van der Waals surface area contributed by atoms with Crippen LogP contribution in [0.4, 0.5) is 0 Å². The van der Waals surface area contributed by atoms with E-state index >= 15 is 0 Å². The number of furan rings is 1. The SMILES string of the molecule is CCN(Cc1cccnc1)C(=O)C[C@H]1C(=O)NCCN1Cc1ccc(C)o1. The first kappa shape index (κ1) is 19.1. The van der Waals surface area contributed by atoms with Crippen LogP contribution in [0.2, 0.25) is 0 Å². The number of rotatable bonds is 7. The first-order valence-electron chi connectivity index (χ1n) is 9.30. The standard InChI is InChI=1S/C20H26N4O3/c1-3-23(13-16-5-4-8-21-12-16)19(25)11-18-20(26)22-9-10-24(18)14-17-7-6-15(2)27-17/h4-8,12,18H,3,9-11,13-14H2,1-2H3,(H,22,26)/t18-/m0/s1. The van der Waals surface area contributed by atoms with Crippen molar-refractivity contribution in [3.05, 3.63) is 53.7 Å². The Labute approximate surface area is 159 Å². The molecule has 27 heavy (non-hydrogen) atoms. The molecule has 0 aliphatic carbocycles. The van der Waals surface area contributed by atoms with Crippen molar-refractivity contribution in [1.29, 1.82) is 0 Å². The summed E-state index contributed by atoms with van der Waals surface area (Å²) in [7, 11) is 0. The molecule has 144 valence electrons. The van der Waals surface area contributed by atoms with E-state index < -0.39 is 6.04 Å². The van der Waals surface area contributed by atoms with E-state index in [-0.39, 0.29) is 18.2 Å².